The number of nitrogens with two attached hydrogens (primary N) is 1. The summed E-state index contributed by atoms with van der Waals surface area (Å²) in [4.78, 5) is 62.7. The summed E-state index contributed by atoms with van der Waals surface area (Å²) in [5.74, 6) is -6.05. The molecule has 3 amide bonds. The number of primary amides is 1. The third-order valence-electron chi connectivity index (χ3n) is 5.35. The van der Waals surface area contributed by atoms with Crippen LogP contribution < -0.4 is 16.4 Å². The van der Waals surface area contributed by atoms with Crippen LogP contribution in [-0.2, 0) is 28.7 Å². The summed E-state index contributed by atoms with van der Waals surface area (Å²) in [6.07, 6.45) is -2.49. The van der Waals surface area contributed by atoms with Gasteiger partial charge in [0.2, 0.25) is 5.91 Å². The number of amides is 3. The minimum atomic E-state index is -1.90. The minimum absolute atomic E-state index is 0.0283. The molecule has 2 aromatic rings. The van der Waals surface area contributed by atoms with Crippen LogP contribution in [0, 0.1) is 5.92 Å². The lowest BCUT2D eigenvalue weighted by Gasteiger charge is -2.28. The third-order valence-corrected chi connectivity index (χ3v) is 5.35. The van der Waals surface area contributed by atoms with Crippen LogP contribution in [0.25, 0.3) is 0 Å². The second kappa shape index (κ2) is 14.3. The van der Waals surface area contributed by atoms with Gasteiger partial charge < -0.3 is 30.9 Å². The lowest BCUT2D eigenvalue weighted by atomic mass is 9.94. The summed E-state index contributed by atoms with van der Waals surface area (Å²) in [5, 5.41) is 15.8. The second-order valence-electron chi connectivity index (χ2n) is 7.93. The Labute approximate surface area is 214 Å². The number of hydrogen-bond acceptors (Lipinski definition) is 8. The van der Waals surface area contributed by atoms with Crippen molar-refractivity contribution >= 4 is 29.7 Å². The molecule has 0 saturated heterocycles. The number of carbonyl (C=O) groups is 5. The molecule has 0 aromatic heterocycles. The first kappa shape index (κ1) is 29.0. The standard InChI is InChI=1S/C26H31N3O8/c1-3-36-19(30)15-18(26(35)37-4-2)21(23(27)32)29-25(34)22(31)20(16-11-7-5-8-12-16)28-24(33)17-13-9-6-10-14-17/h5-14,18,20-22,31H,3-4,15H2,1-2H3,(H2,27,32)(H,28,33)(H,29,34)/t18-,20-,21+,22+/m0/s1. The van der Waals surface area contributed by atoms with Gasteiger partial charge in [-0.15, -0.1) is 0 Å². The van der Waals surface area contributed by atoms with Crippen LogP contribution in [0.2, 0.25) is 0 Å². The van der Waals surface area contributed by atoms with Crippen molar-refractivity contribution in [2.24, 2.45) is 11.7 Å². The Morgan fingerprint density at radius 1 is 0.865 bits per heavy atom. The molecule has 11 nitrogen and oxygen atoms in total. The molecular formula is C26H31N3O8. The number of rotatable bonds is 13. The van der Waals surface area contributed by atoms with E-state index >= 15 is 0 Å². The molecule has 0 unspecified atom stereocenters. The number of aliphatic hydroxyl groups excluding tert-OH is 1. The first-order chi connectivity index (χ1) is 17.7. The fourth-order valence-corrected chi connectivity index (χ4v) is 3.57. The highest BCUT2D eigenvalue weighted by molar-refractivity contribution is 5.96. The normalized spacial score (nSPS) is 13.8. The molecule has 0 saturated carbocycles. The lowest BCUT2D eigenvalue weighted by Crippen LogP contribution is -2.56. The van der Waals surface area contributed by atoms with Crippen molar-refractivity contribution < 1.29 is 38.6 Å². The number of hydrogen-bond donors (Lipinski definition) is 4. The second-order valence-corrected chi connectivity index (χ2v) is 7.93. The molecule has 11 heteroatoms. The summed E-state index contributed by atoms with van der Waals surface area (Å²) < 4.78 is 9.81. The maximum atomic E-state index is 13.1. The number of aliphatic hydroxyl groups is 1. The van der Waals surface area contributed by atoms with Gasteiger partial charge in [-0.1, -0.05) is 48.5 Å². The molecule has 0 radical (unpaired) electrons. The van der Waals surface area contributed by atoms with Crippen LogP contribution in [0.5, 0.6) is 0 Å². The number of ether oxygens (including phenoxy) is 2. The maximum absolute atomic E-state index is 13.1. The van der Waals surface area contributed by atoms with Gasteiger partial charge in [0.15, 0.2) is 6.10 Å². The van der Waals surface area contributed by atoms with E-state index in [4.69, 9.17) is 15.2 Å². The van der Waals surface area contributed by atoms with E-state index in [-0.39, 0.29) is 13.2 Å². The zero-order valence-corrected chi connectivity index (χ0v) is 20.6. The van der Waals surface area contributed by atoms with Gasteiger partial charge in [0.05, 0.1) is 31.6 Å². The van der Waals surface area contributed by atoms with Crippen LogP contribution >= 0.6 is 0 Å². The van der Waals surface area contributed by atoms with E-state index in [1.54, 1.807) is 67.6 Å². The van der Waals surface area contributed by atoms with Crippen molar-refractivity contribution in [3.63, 3.8) is 0 Å². The Kier molecular flexibility index (Phi) is 11.2. The summed E-state index contributed by atoms with van der Waals surface area (Å²) >= 11 is 0. The SMILES string of the molecule is CCOC(=O)C[C@H](C(=O)OCC)[C@@H](NC(=O)[C@H](O)[C@@H](NC(=O)c1ccccc1)c1ccccc1)C(N)=O. The van der Waals surface area contributed by atoms with E-state index in [0.29, 0.717) is 11.1 Å². The van der Waals surface area contributed by atoms with Crippen LogP contribution in [0.1, 0.15) is 42.2 Å². The highest BCUT2D eigenvalue weighted by Gasteiger charge is 2.39. The van der Waals surface area contributed by atoms with Gasteiger partial charge in [-0.2, -0.15) is 0 Å². The highest BCUT2D eigenvalue weighted by Crippen LogP contribution is 2.20. The molecular weight excluding hydrogens is 482 g/mol. The van der Waals surface area contributed by atoms with Crippen molar-refractivity contribution in [2.75, 3.05) is 13.2 Å². The van der Waals surface area contributed by atoms with E-state index in [1.165, 1.54) is 6.92 Å². The molecule has 0 aliphatic heterocycles. The molecule has 5 N–H and O–H groups in total. The largest absolute Gasteiger partial charge is 0.466 e. The average molecular weight is 514 g/mol. The molecule has 198 valence electrons. The Morgan fingerprint density at radius 2 is 1.43 bits per heavy atom. The number of nitrogens with one attached hydrogen (secondary N) is 2. The van der Waals surface area contributed by atoms with Gasteiger partial charge in [-0.25, -0.2) is 0 Å². The Hall–Kier alpha value is -4.25. The van der Waals surface area contributed by atoms with E-state index < -0.39 is 60.2 Å². The number of benzene rings is 2. The van der Waals surface area contributed by atoms with E-state index in [0.717, 1.165) is 0 Å². The summed E-state index contributed by atoms with van der Waals surface area (Å²) in [6.45, 7) is 3.07. The summed E-state index contributed by atoms with van der Waals surface area (Å²) in [5.41, 5.74) is 6.14. The third kappa shape index (κ3) is 8.43. The van der Waals surface area contributed by atoms with Crippen LogP contribution in [-0.4, -0.2) is 60.1 Å². The first-order valence-corrected chi connectivity index (χ1v) is 11.7. The van der Waals surface area contributed by atoms with E-state index in [9.17, 15) is 29.1 Å². The first-order valence-electron chi connectivity index (χ1n) is 11.7. The van der Waals surface area contributed by atoms with Gasteiger partial charge >= 0.3 is 11.9 Å². The fraction of sp³-hybridized carbons (Fsp3) is 0.346. The molecule has 0 spiro atoms. The van der Waals surface area contributed by atoms with Gasteiger partial charge in [0.1, 0.15) is 6.04 Å². The van der Waals surface area contributed by atoms with Crippen molar-refractivity contribution in [1.29, 1.82) is 0 Å². The Balaban J connectivity index is 2.32. The molecule has 37 heavy (non-hydrogen) atoms. The molecule has 0 bridgehead atoms. The zero-order chi connectivity index (χ0) is 27.4. The summed E-state index contributed by atoms with van der Waals surface area (Å²) in [6, 6.07) is 13.5. The van der Waals surface area contributed by atoms with Crippen LogP contribution in [0.3, 0.4) is 0 Å². The van der Waals surface area contributed by atoms with Crippen molar-refractivity contribution in [3.8, 4) is 0 Å². The molecule has 0 heterocycles. The average Bonchev–Trinajstić information content (AvgIpc) is 2.89. The van der Waals surface area contributed by atoms with Gasteiger partial charge in [0.25, 0.3) is 11.8 Å². The molecule has 2 rings (SSSR count). The monoisotopic (exact) mass is 513 g/mol. The molecule has 4 atom stereocenters. The minimum Gasteiger partial charge on any atom is -0.466 e. The van der Waals surface area contributed by atoms with E-state index in [1.807, 2.05) is 0 Å². The fourth-order valence-electron chi connectivity index (χ4n) is 3.57. The molecule has 0 fully saturated rings. The quantitative estimate of drug-likeness (QED) is 0.282. The van der Waals surface area contributed by atoms with Gasteiger partial charge in [-0.3, -0.25) is 24.0 Å². The predicted molar refractivity (Wildman–Crippen MR) is 132 cm³/mol. The van der Waals surface area contributed by atoms with E-state index in [2.05, 4.69) is 10.6 Å². The molecule has 0 aliphatic carbocycles. The summed E-state index contributed by atoms with van der Waals surface area (Å²) in [7, 11) is 0. The topological polar surface area (TPSA) is 174 Å². The maximum Gasteiger partial charge on any atom is 0.312 e. The molecule has 0 aliphatic rings. The number of carbonyl (C=O) groups excluding carboxylic acids is 5. The van der Waals surface area contributed by atoms with Crippen molar-refractivity contribution in [3.05, 3.63) is 71.8 Å². The number of esters is 2. The van der Waals surface area contributed by atoms with Crippen molar-refractivity contribution in [2.45, 2.75) is 38.5 Å². The van der Waals surface area contributed by atoms with Gasteiger partial charge in [0, 0.05) is 5.56 Å². The molecule has 2 aromatic carbocycles. The Bertz CT molecular complexity index is 1080. The smallest absolute Gasteiger partial charge is 0.312 e. The van der Waals surface area contributed by atoms with Crippen LogP contribution in [0.15, 0.2) is 60.7 Å². The predicted octanol–water partition coefficient (Wildman–Crippen LogP) is 0.621. The van der Waals surface area contributed by atoms with Gasteiger partial charge in [-0.05, 0) is 31.5 Å². The zero-order valence-electron chi connectivity index (χ0n) is 20.6. The lowest BCUT2D eigenvalue weighted by molar-refractivity contribution is -0.157. The van der Waals surface area contributed by atoms with Crippen LogP contribution in [0.4, 0.5) is 0 Å². The Morgan fingerprint density at radius 3 is 1.97 bits per heavy atom. The van der Waals surface area contributed by atoms with Crippen molar-refractivity contribution in [1.82, 2.24) is 10.6 Å². The highest BCUT2D eigenvalue weighted by atomic mass is 16.5.